The summed E-state index contributed by atoms with van der Waals surface area (Å²) >= 11 is 12.0. The summed E-state index contributed by atoms with van der Waals surface area (Å²) in [6, 6.07) is 26.0. The molecule has 4 rings (SSSR count). The lowest BCUT2D eigenvalue weighted by atomic mass is 10.0. The van der Waals surface area contributed by atoms with E-state index in [1.807, 2.05) is 6.07 Å². The van der Waals surface area contributed by atoms with Gasteiger partial charge in [0.1, 0.15) is 0 Å². The predicted molar refractivity (Wildman–Crippen MR) is 147 cm³/mol. The highest BCUT2D eigenvalue weighted by molar-refractivity contribution is 7.92. The number of anilines is 2. The van der Waals surface area contributed by atoms with Gasteiger partial charge in [-0.1, -0.05) is 65.7 Å². The Labute approximate surface area is 225 Å². The molecule has 0 aliphatic carbocycles. The number of hydrogen-bond donors (Lipinski definition) is 1. The molecule has 0 aromatic heterocycles. The van der Waals surface area contributed by atoms with Crippen LogP contribution in [0.4, 0.5) is 11.4 Å². The maximum absolute atomic E-state index is 13.0. The summed E-state index contributed by atoms with van der Waals surface area (Å²) < 4.78 is 27.0. The van der Waals surface area contributed by atoms with Crippen LogP contribution in [0.25, 0.3) is 0 Å². The minimum absolute atomic E-state index is 0.0233. The van der Waals surface area contributed by atoms with E-state index in [-0.39, 0.29) is 28.6 Å². The second kappa shape index (κ2) is 11.2. The van der Waals surface area contributed by atoms with Gasteiger partial charge in [0.2, 0.25) is 5.91 Å². The molecule has 0 fully saturated rings. The van der Waals surface area contributed by atoms with Gasteiger partial charge < -0.3 is 5.32 Å². The van der Waals surface area contributed by atoms with Crippen LogP contribution in [0.5, 0.6) is 0 Å². The van der Waals surface area contributed by atoms with E-state index >= 15 is 0 Å². The van der Waals surface area contributed by atoms with E-state index in [0.29, 0.717) is 32.5 Å². The van der Waals surface area contributed by atoms with Gasteiger partial charge in [0.15, 0.2) is 5.78 Å². The summed E-state index contributed by atoms with van der Waals surface area (Å²) in [6.45, 7) is 0. The second-order valence-corrected chi connectivity index (χ2v) is 11.0. The molecule has 0 unspecified atom stereocenters. The van der Waals surface area contributed by atoms with Crippen molar-refractivity contribution in [2.45, 2.75) is 11.3 Å². The summed E-state index contributed by atoms with van der Waals surface area (Å²) in [5.41, 5.74) is 2.23. The van der Waals surface area contributed by atoms with Gasteiger partial charge in [-0.2, -0.15) is 0 Å². The van der Waals surface area contributed by atoms with Crippen LogP contribution in [0.1, 0.15) is 21.5 Å². The lowest BCUT2D eigenvalue weighted by molar-refractivity contribution is -0.115. The number of nitrogens with one attached hydrogen (secondary N) is 1. The van der Waals surface area contributed by atoms with Gasteiger partial charge in [-0.3, -0.25) is 13.9 Å². The van der Waals surface area contributed by atoms with Crippen LogP contribution < -0.4 is 9.62 Å². The molecule has 1 amide bonds. The number of rotatable bonds is 8. The minimum atomic E-state index is -3.77. The van der Waals surface area contributed by atoms with Crippen LogP contribution in [-0.4, -0.2) is 27.2 Å². The van der Waals surface area contributed by atoms with E-state index in [1.165, 1.54) is 37.4 Å². The van der Waals surface area contributed by atoms with Crippen LogP contribution in [0, 0.1) is 0 Å². The first-order chi connectivity index (χ1) is 17.6. The third kappa shape index (κ3) is 6.20. The van der Waals surface area contributed by atoms with E-state index in [2.05, 4.69) is 5.32 Å². The second-order valence-electron chi connectivity index (χ2n) is 8.20. The summed E-state index contributed by atoms with van der Waals surface area (Å²) in [7, 11) is -2.32. The predicted octanol–water partition coefficient (Wildman–Crippen LogP) is 6.23. The molecule has 9 heteroatoms. The lowest BCUT2D eigenvalue weighted by Gasteiger charge is -2.20. The van der Waals surface area contributed by atoms with E-state index in [4.69, 9.17) is 23.2 Å². The number of benzene rings is 4. The fraction of sp³-hybridized carbons (Fsp3) is 0.0714. The Hall–Kier alpha value is -3.65. The summed E-state index contributed by atoms with van der Waals surface area (Å²) in [6.07, 6.45) is 0.0233. The average molecular weight is 553 g/mol. The number of ketones is 1. The normalized spacial score (nSPS) is 11.1. The number of halogens is 2. The van der Waals surface area contributed by atoms with Gasteiger partial charge in [-0.15, -0.1) is 0 Å². The highest BCUT2D eigenvalue weighted by Crippen LogP contribution is 2.26. The first-order valence-corrected chi connectivity index (χ1v) is 13.4. The van der Waals surface area contributed by atoms with E-state index in [0.717, 1.165) is 4.31 Å². The van der Waals surface area contributed by atoms with Crippen molar-refractivity contribution in [1.82, 2.24) is 0 Å². The molecule has 4 aromatic rings. The fourth-order valence-electron chi connectivity index (χ4n) is 3.67. The zero-order chi connectivity index (χ0) is 26.6. The zero-order valence-electron chi connectivity index (χ0n) is 19.7. The highest BCUT2D eigenvalue weighted by atomic mass is 35.5. The van der Waals surface area contributed by atoms with E-state index in [1.54, 1.807) is 60.7 Å². The minimum Gasteiger partial charge on any atom is -0.325 e. The Morgan fingerprint density at radius 2 is 1.43 bits per heavy atom. The average Bonchev–Trinajstić information content (AvgIpc) is 2.90. The molecular formula is C28H22Cl2N2O4S. The van der Waals surface area contributed by atoms with Crippen molar-refractivity contribution in [2.24, 2.45) is 0 Å². The molecule has 0 radical (unpaired) electrons. The maximum atomic E-state index is 13.0. The van der Waals surface area contributed by atoms with Gasteiger partial charge >= 0.3 is 0 Å². The molecular weight excluding hydrogens is 531 g/mol. The number of carbonyl (C=O) groups excluding carboxylic acids is 2. The number of amides is 1. The Morgan fingerprint density at radius 3 is 2.08 bits per heavy atom. The third-order valence-electron chi connectivity index (χ3n) is 5.67. The quantitative estimate of drug-likeness (QED) is 0.262. The molecule has 6 nitrogen and oxygen atoms in total. The number of sulfonamides is 1. The number of nitrogens with zero attached hydrogens (tertiary/aromatic N) is 1. The lowest BCUT2D eigenvalue weighted by Crippen LogP contribution is -2.26. The van der Waals surface area contributed by atoms with Crippen LogP contribution >= 0.6 is 23.2 Å². The SMILES string of the molecule is CN(c1ccc(CC(=O)Nc2ccc(Cl)cc2C(=O)c2ccccc2)cc1)S(=O)(=O)c1ccc(Cl)cc1. The molecule has 0 aliphatic heterocycles. The molecule has 1 N–H and O–H groups in total. The Bertz CT molecular complexity index is 1540. The summed E-state index contributed by atoms with van der Waals surface area (Å²) in [5.74, 6) is -0.591. The molecule has 188 valence electrons. The first-order valence-electron chi connectivity index (χ1n) is 11.2. The van der Waals surface area contributed by atoms with Crippen molar-refractivity contribution in [2.75, 3.05) is 16.7 Å². The van der Waals surface area contributed by atoms with Crippen molar-refractivity contribution in [1.29, 1.82) is 0 Å². The van der Waals surface area contributed by atoms with Crippen molar-refractivity contribution in [3.63, 3.8) is 0 Å². The zero-order valence-corrected chi connectivity index (χ0v) is 22.0. The van der Waals surface area contributed by atoms with Gasteiger partial charge in [0.25, 0.3) is 10.0 Å². The maximum Gasteiger partial charge on any atom is 0.264 e. The number of carbonyl (C=O) groups is 2. The smallest absolute Gasteiger partial charge is 0.264 e. The van der Waals surface area contributed by atoms with Crippen molar-refractivity contribution >= 4 is 56.3 Å². The van der Waals surface area contributed by atoms with Crippen LogP contribution in [-0.2, 0) is 21.2 Å². The molecule has 0 aliphatic rings. The highest BCUT2D eigenvalue weighted by Gasteiger charge is 2.21. The third-order valence-corrected chi connectivity index (χ3v) is 7.96. The summed E-state index contributed by atoms with van der Waals surface area (Å²) in [4.78, 5) is 25.9. The topological polar surface area (TPSA) is 83.6 Å². The van der Waals surface area contributed by atoms with Gasteiger partial charge in [-0.25, -0.2) is 8.42 Å². The standard InChI is InChI=1S/C28H22Cl2N2O4S/c1-32(37(35,36)24-14-9-21(29)10-15-24)23-12-7-19(8-13-23)17-27(33)31-26-16-11-22(30)18-25(26)28(34)20-5-3-2-4-6-20/h2-16,18H,17H2,1H3,(H,31,33). The molecule has 0 saturated heterocycles. The van der Waals surface area contributed by atoms with Crippen LogP contribution in [0.3, 0.4) is 0 Å². The van der Waals surface area contributed by atoms with E-state index in [9.17, 15) is 18.0 Å². The Balaban J connectivity index is 1.47. The fourth-order valence-corrected chi connectivity index (χ4v) is 5.16. The van der Waals surface area contributed by atoms with Gasteiger partial charge in [0, 0.05) is 28.2 Å². The molecule has 4 aromatic carbocycles. The monoisotopic (exact) mass is 552 g/mol. The molecule has 0 heterocycles. The largest absolute Gasteiger partial charge is 0.325 e. The Kier molecular flexibility index (Phi) is 7.97. The Morgan fingerprint density at radius 1 is 0.811 bits per heavy atom. The molecule has 0 bridgehead atoms. The van der Waals surface area contributed by atoms with Crippen molar-refractivity contribution in [3.8, 4) is 0 Å². The molecule has 37 heavy (non-hydrogen) atoms. The van der Waals surface area contributed by atoms with Crippen molar-refractivity contribution < 1.29 is 18.0 Å². The molecule has 0 atom stereocenters. The summed E-state index contributed by atoms with van der Waals surface area (Å²) in [5, 5.41) is 3.61. The number of hydrogen-bond acceptors (Lipinski definition) is 4. The van der Waals surface area contributed by atoms with E-state index < -0.39 is 10.0 Å². The van der Waals surface area contributed by atoms with Crippen LogP contribution in [0.2, 0.25) is 10.0 Å². The first kappa shape index (κ1) is 26.4. The van der Waals surface area contributed by atoms with Gasteiger partial charge in [-0.05, 0) is 60.2 Å². The molecule has 0 spiro atoms. The van der Waals surface area contributed by atoms with Crippen LogP contribution in [0.15, 0.2) is 102 Å². The van der Waals surface area contributed by atoms with Gasteiger partial charge in [0.05, 0.1) is 22.7 Å². The molecule has 0 saturated carbocycles. The van der Waals surface area contributed by atoms with Crippen molar-refractivity contribution in [3.05, 3.63) is 124 Å².